The predicted molar refractivity (Wildman–Crippen MR) is 68.2 cm³/mol. The molecule has 1 N–H and O–H groups in total. The third-order valence-electron chi connectivity index (χ3n) is 2.71. The van der Waals surface area contributed by atoms with E-state index in [1.807, 2.05) is 0 Å². The molecular formula is C12H14ClFO2S. The number of rotatable bonds is 3. The average molecular weight is 277 g/mol. The van der Waals surface area contributed by atoms with Crippen LogP contribution in [0.25, 0.3) is 0 Å². The fourth-order valence-electron chi connectivity index (χ4n) is 1.78. The third-order valence-corrected chi connectivity index (χ3v) is 4.10. The lowest BCUT2D eigenvalue weighted by molar-refractivity contribution is -0.0208. The first kappa shape index (κ1) is 13.1. The van der Waals surface area contributed by atoms with Crippen LogP contribution in [0.15, 0.2) is 18.2 Å². The van der Waals surface area contributed by atoms with E-state index in [4.69, 9.17) is 16.3 Å². The van der Waals surface area contributed by atoms with Crippen molar-refractivity contribution in [3.05, 3.63) is 34.6 Å². The maximum absolute atomic E-state index is 13.1. The summed E-state index contributed by atoms with van der Waals surface area (Å²) < 4.78 is 18.5. The van der Waals surface area contributed by atoms with Crippen LogP contribution >= 0.6 is 23.4 Å². The van der Waals surface area contributed by atoms with Crippen molar-refractivity contribution in [2.24, 2.45) is 0 Å². The smallest absolute Gasteiger partial charge is 0.123 e. The standard InChI is InChI=1S/C12H14ClFO2S/c13-10-2-1-9(14)5-8(10)6-11(15)12-7-17-4-3-16-12/h1-2,5,11-12,15H,3-4,6-7H2. The number of ether oxygens (including phenoxy) is 1. The molecule has 1 aromatic carbocycles. The molecule has 2 rings (SSSR count). The van der Waals surface area contributed by atoms with E-state index in [0.717, 1.165) is 11.5 Å². The number of aliphatic hydroxyl groups is 1. The Morgan fingerprint density at radius 3 is 3.12 bits per heavy atom. The zero-order valence-corrected chi connectivity index (χ0v) is 10.8. The second-order valence-corrected chi connectivity index (χ2v) is 5.55. The maximum atomic E-state index is 13.1. The molecule has 2 nitrogen and oxygen atoms in total. The monoisotopic (exact) mass is 276 g/mol. The van der Waals surface area contributed by atoms with E-state index < -0.39 is 6.10 Å². The highest BCUT2D eigenvalue weighted by Gasteiger charge is 2.23. The largest absolute Gasteiger partial charge is 0.390 e. The Bertz CT molecular complexity index is 383. The Morgan fingerprint density at radius 1 is 1.59 bits per heavy atom. The van der Waals surface area contributed by atoms with Crippen LogP contribution in [0.1, 0.15) is 5.56 Å². The van der Waals surface area contributed by atoms with Gasteiger partial charge in [-0.15, -0.1) is 0 Å². The molecule has 17 heavy (non-hydrogen) atoms. The zero-order valence-electron chi connectivity index (χ0n) is 9.23. The molecule has 94 valence electrons. The molecule has 1 aromatic rings. The van der Waals surface area contributed by atoms with Gasteiger partial charge in [0.15, 0.2) is 0 Å². The van der Waals surface area contributed by atoms with Gasteiger partial charge in [-0.05, 0) is 23.8 Å². The first-order chi connectivity index (χ1) is 8.16. The van der Waals surface area contributed by atoms with Gasteiger partial charge in [0.2, 0.25) is 0 Å². The number of hydrogen-bond donors (Lipinski definition) is 1. The van der Waals surface area contributed by atoms with Crippen LogP contribution in [0.2, 0.25) is 5.02 Å². The minimum atomic E-state index is -0.637. The van der Waals surface area contributed by atoms with Gasteiger partial charge in [0, 0.05) is 22.9 Å². The normalized spacial score (nSPS) is 22.4. The summed E-state index contributed by atoms with van der Waals surface area (Å²) >= 11 is 7.71. The van der Waals surface area contributed by atoms with Crippen LogP contribution in [-0.4, -0.2) is 35.4 Å². The van der Waals surface area contributed by atoms with Gasteiger partial charge in [-0.1, -0.05) is 11.6 Å². The minimum Gasteiger partial charge on any atom is -0.390 e. The molecule has 5 heteroatoms. The molecule has 2 unspecified atom stereocenters. The Hall–Kier alpha value is -0.290. The van der Waals surface area contributed by atoms with Crippen LogP contribution in [0, 0.1) is 5.82 Å². The van der Waals surface area contributed by atoms with Crippen molar-refractivity contribution in [2.45, 2.75) is 18.6 Å². The van der Waals surface area contributed by atoms with E-state index in [1.165, 1.54) is 18.2 Å². The highest BCUT2D eigenvalue weighted by Crippen LogP contribution is 2.22. The minimum absolute atomic E-state index is 0.187. The second-order valence-electron chi connectivity index (χ2n) is 3.99. The lowest BCUT2D eigenvalue weighted by Crippen LogP contribution is -2.36. The quantitative estimate of drug-likeness (QED) is 0.920. The van der Waals surface area contributed by atoms with E-state index in [9.17, 15) is 9.50 Å². The van der Waals surface area contributed by atoms with Crippen molar-refractivity contribution in [3.63, 3.8) is 0 Å². The maximum Gasteiger partial charge on any atom is 0.123 e. The number of halogens is 2. The molecule has 0 aliphatic carbocycles. The number of benzene rings is 1. The molecule has 0 spiro atoms. The van der Waals surface area contributed by atoms with Gasteiger partial charge in [0.05, 0.1) is 18.8 Å². The highest BCUT2D eigenvalue weighted by molar-refractivity contribution is 7.99. The van der Waals surface area contributed by atoms with Gasteiger partial charge in [0.25, 0.3) is 0 Å². The van der Waals surface area contributed by atoms with Gasteiger partial charge in [-0.3, -0.25) is 0 Å². The molecule has 0 amide bonds. The summed E-state index contributed by atoms with van der Waals surface area (Å²) in [6, 6.07) is 4.18. The van der Waals surface area contributed by atoms with Crippen molar-refractivity contribution < 1.29 is 14.2 Å². The summed E-state index contributed by atoms with van der Waals surface area (Å²) in [6.45, 7) is 0.656. The molecule has 2 atom stereocenters. The summed E-state index contributed by atoms with van der Waals surface area (Å²) in [4.78, 5) is 0. The SMILES string of the molecule is OC(Cc1cc(F)ccc1Cl)C1CSCCO1. The van der Waals surface area contributed by atoms with Gasteiger partial charge in [-0.25, -0.2) is 4.39 Å². The van der Waals surface area contributed by atoms with Crippen molar-refractivity contribution >= 4 is 23.4 Å². The molecule has 1 fully saturated rings. The first-order valence-corrected chi connectivity index (χ1v) is 7.01. The van der Waals surface area contributed by atoms with Crippen LogP contribution in [0.5, 0.6) is 0 Å². The molecule has 0 radical (unpaired) electrons. The van der Waals surface area contributed by atoms with Crippen LogP contribution in [0.4, 0.5) is 4.39 Å². The molecule has 0 bridgehead atoms. The molecule has 1 aliphatic rings. The van der Waals surface area contributed by atoms with Gasteiger partial charge >= 0.3 is 0 Å². The molecule has 1 saturated heterocycles. The molecule has 0 saturated carbocycles. The predicted octanol–water partition coefficient (Wildman–Crippen LogP) is 2.51. The van der Waals surface area contributed by atoms with Crippen molar-refractivity contribution in [3.8, 4) is 0 Å². The van der Waals surface area contributed by atoms with E-state index >= 15 is 0 Å². The fraction of sp³-hybridized carbons (Fsp3) is 0.500. The fourth-order valence-corrected chi connectivity index (χ4v) is 2.91. The van der Waals surface area contributed by atoms with Crippen LogP contribution in [-0.2, 0) is 11.2 Å². The van der Waals surface area contributed by atoms with E-state index in [-0.39, 0.29) is 11.9 Å². The van der Waals surface area contributed by atoms with Crippen molar-refractivity contribution in [1.82, 2.24) is 0 Å². The lowest BCUT2D eigenvalue weighted by Gasteiger charge is -2.27. The topological polar surface area (TPSA) is 29.5 Å². The Labute approximate surface area is 109 Å². The Kier molecular flexibility index (Phi) is 4.68. The van der Waals surface area contributed by atoms with Crippen molar-refractivity contribution in [1.29, 1.82) is 0 Å². The highest BCUT2D eigenvalue weighted by atomic mass is 35.5. The van der Waals surface area contributed by atoms with E-state index in [2.05, 4.69) is 0 Å². The summed E-state index contributed by atoms with van der Waals surface area (Å²) in [5.41, 5.74) is 0.623. The molecule has 1 heterocycles. The molecule has 1 aliphatic heterocycles. The Balaban J connectivity index is 2.01. The summed E-state index contributed by atoms with van der Waals surface area (Å²) in [7, 11) is 0. The number of aliphatic hydroxyl groups excluding tert-OH is 1. The molecule has 0 aromatic heterocycles. The summed E-state index contributed by atoms with van der Waals surface area (Å²) in [5, 5.41) is 10.5. The summed E-state index contributed by atoms with van der Waals surface area (Å²) in [5.74, 6) is 1.40. The summed E-state index contributed by atoms with van der Waals surface area (Å²) in [6.07, 6.45) is -0.503. The number of hydrogen-bond acceptors (Lipinski definition) is 3. The van der Waals surface area contributed by atoms with Crippen LogP contribution < -0.4 is 0 Å². The van der Waals surface area contributed by atoms with Gasteiger partial charge < -0.3 is 9.84 Å². The average Bonchev–Trinajstić information content (AvgIpc) is 2.35. The lowest BCUT2D eigenvalue weighted by atomic mass is 10.0. The second kappa shape index (κ2) is 6.05. The Morgan fingerprint density at radius 2 is 2.41 bits per heavy atom. The van der Waals surface area contributed by atoms with Crippen LogP contribution in [0.3, 0.4) is 0 Å². The van der Waals surface area contributed by atoms with E-state index in [0.29, 0.717) is 23.6 Å². The zero-order chi connectivity index (χ0) is 12.3. The first-order valence-electron chi connectivity index (χ1n) is 5.48. The third kappa shape index (κ3) is 3.58. The molecular weight excluding hydrogens is 263 g/mol. The van der Waals surface area contributed by atoms with E-state index in [1.54, 1.807) is 11.8 Å². The number of thioether (sulfide) groups is 1. The van der Waals surface area contributed by atoms with Gasteiger partial charge in [-0.2, -0.15) is 11.8 Å². The van der Waals surface area contributed by atoms with Crippen molar-refractivity contribution in [2.75, 3.05) is 18.1 Å². The van der Waals surface area contributed by atoms with Gasteiger partial charge in [0.1, 0.15) is 5.82 Å².